The van der Waals surface area contributed by atoms with Crippen molar-refractivity contribution in [1.29, 1.82) is 0 Å². The Morgan fingerprint density at radius 2 is 1.73 bits per heavy atom. The monoisotopic (exact) mass is 427 g/mol. The number of halogens is 2. The highest BCUT2D eigenvalue weighted by Gasteiger charge is 2.12. The highest BCUT2D eigenvalue weighted by Crippen LogP contribution is 2.35. The van der Waals surface area contributed by atoms with Gasteiger partial charge in [0.1, 0.15) is 19.0 Å². The summed E-state index contributed by atoms with van der Waals surface area (Å²) in [5.41, 5.74) is 2.13. The molecule has 1 heterocycles. The number of nitrogens with one attached hydrogen (secondary N) is 1. The van der Waals surface area contributed by atoms with Crippen molar-refractivity contribution in [2.45, 2.75) is 6.54 Å². The first-order valence-corrected chi connectivity index (χ1v) is 8.41. The lowest BCUT2D eigenvalue weighted by molar-refractivity contribution is 0.171. The molecule has 0 atom stereocenters. The van der Waals surface area contributed by atoms with Crippen LogP contribution in [0.5, 0.6) is 17.2 Å². The van der Waals surface area contributed by atoms with Crippen molar-refractivity contribution in [1.82, 2.24) is 0 Å². The molecule has 0 aliphatic carbocycles. The summed E-state index contributed by atoms with van der Waals surface area (Å²) in [7, 11) is 1.65. The summed E-state index contributed by atoms with van der Waals surface area (Å²) in [5, 5.41) is 3.38. The summed E-state index contributed by atoms with van der Waals surface area (Å²) in [6, 6.07) is 9.95. The van der Waals surface area contributed by atoms with Crippen molar-refractivity contribution in [2.75, 3.05) is 25.6 Å². The Labute approximate surface area is 146 Å². The van der Waals surface area contributed by atoms with Crippen LogP contribution in [0.1, 0.15) is 5.56 Å². The summed E-state index contributed by atoms with van der Waals surface area (Å²) >= 11 is 7.03. The maximum Gasteiger partial charge on any atom is 0.163 e. The van der Waals surface area contributed by atoms with E-state index >= 15 is 0 Å². The second-order valence-electron chi connectivity index (χ2n) is 4.80. The van der Waals surface area contributed by atoms with Crippen molar-refractivity contribution >= 4 is 37.5 Å². The zero-order valence-corrected chi connectivity index (χ0v) is 15.2. The Hall–Kier alpha value is -1.40. The Bertz CT molecular complexity index is 668. The van der Waals surface area contributed by atoms with E-state index in [4.69, 9.17) is 14.2 Å². The van der Waals surface area contributed by atoms with Gasteiger partial charge in [-0.3, -0.25) is 0 Å². The number of ether oxygens (including phenoxy) is 3. The molecule has 0 saturated carbocycles. The number of fused-ring (bicyclic) bond motifs is 1. The number of hydrogen-bond acceptors (Lipinski definition) is 4. The van der Waals surface area contributed by atoms with E-state index in [1.54, 1.807) is 7.11 Å². The fourth-order valence-corrected chi connectivity index (χ4v) is 3.87. The summed E-state index contributed by atoms with van der Waals surface area (Å²) in [5.74, 6) is 2.38. The number of anilines is 1. The van der Waals surface area contributed by atoms with Gasteiger partial charge < -0.3 is 19.5 Å². The molecule has 0 unspecified atom stereocenters. The van der Waals surface area contributed by atoms with Gasteiger partial charge in [0.15, 0.2) is 11.5 Å². The van der Waals surface area contributed by atoms with Crippen LogP contribution < -0.4 is 19.5 Å². The molecule has 3 rings (SSSR count). The molecular formula is C16H15Br2NO3. The Kier molecular flexibility index (Phi) is 4.78. The van der Waals surface area contributed by atoms with Crippen molar-refractivity contribution in [3.63, 3.8) is 0 Å². The standard InChI is InChI=1S/C16H15Br2NO3/c1-20-16-12(17)6-10(7-13(16)18)9-19-11-2-3-14-15(8-11)22-5-4-21-14/h2-3,6-8,19H,4-5,9H2,1H3. The quantitative estimate of drug-likeness (QED) is 0.772. The molecule has 1 N–H and O–H groups in total. The lowest BCUT2D eigenvalue weighted by atomic mass is 10.2. The van der Waals surface area contributed by atoms with Crippen LogP contribution in [0.4, 0.5) is 5.69 Å². The first kappa shape index (κ1) is 15.5. The van der Waals surface area contributed by atoms with Gasteiger partial charge in [0, 0.05) is 18.3 Å². The molecule has 2 aromatic rings. The molecule has 4 nitrogen and oxygen atoms in total. The SMILES string of the molecule is COc1c(Br)cc(CNc2ccc3c(c2)OCCO3)cc1Br. The lowest BCUT2D eigenvalue weighted by Gasteiger charge is -2.19. The summed E-state index contributed by atoms with van der Waals surface area (Å²) in [6.07, 6.45) is 0. The van der Waals surface area contributed by atoms with Gasteiger partial charge in [-0.2, -0.15) is 0 Å². The van der Waals surface area contributed by atoms with Gasteiger partial charge in [0.05, 0.1) is 16.1 Å². The van der Waals surface area contributed by atoms with E-state index in [1.165, 1.54) is 0 Å². The van der Waals surface area contributed by atoms with Crippen LogP contribution in [-0.4, -0.2) is 20.3 Å². The van der Waals surface area contributed by atoms with Gasteiger partial charge in [0.25, 0.3) is 0 Å². The van der Waals surface area contributed by atoms with Crippen molar-refractivity contribution in [3.8, 4) is 17.2 Å². The van der Waals surface area contributed by atoms with Crippen LogP contribution in [-0.2, 0) is 6.54 Å². The largest absolute Gasteiger partial charge is 0.494 e. The van der Waals surface area contributed by atoms with Crippen molar-refractivity contribution in [2.24, 2.45) is 0 Å². The van der Waals surface area contributed by atoms with E-state index in [1.807, 2.05) is 30.3 Å². The number of methoxy groups -OCH3 is 1. The van der Waals surface area contributed by atoms with E-state index < -0.39 is 0 Å². The van der Waals surface area contributed by atoms with Crippen LogP contribution in [0.2, 0.25) is 0 Å². The fourth-order valence-electron chi connectivity index (χ4n) is 2.27. The maximum absolute atomic E-state index is 5.59. The lowest BCUT2D eigenvalue weighted by Crippen LogP contribution is -2.15. The van der Waals surface area contributed by atoms with Crippen LogP contribution >= 0.6 is 31.9 Å². The molecule has 0 amide bonds. The summed E-state index contributed by atoms with van der Waals surface area (Å²) in [6.45, 7) is 1.89. The fraction of sp³-hybridized carbons (Fsp3) is 0.250. The van der Waals surface area contributed by atoms with Gasteiger partial charge in [-0.25, -0.2) is 0 Å². The zero-order valence-electron chi connectivity index (χ0n) is 12.0. The Balaban J connectivity index is 1.72. The van der Waals surface area contributed by atoms with Crippen LogP contribution in [0.15, 0.2) is 39.3 Å². The second kappa shape index (κ2) is 6.79. The van der Waals surface area contributed by atoms with Gasteiger partial charge in [-0.15, -0.1) is 0 Å². The second-order valence-corrected chi connectivity index (χ2v) is 6.51. The smallest absolute Gasteiger partial charge is 0.163 e. The van der Waals surface area contributed by atoms with E-state index in [-0.39, 0.29) is 0 Å². The summed E-state index contributed by atoms with van der Waals surface area (Å²) in [4.78, 5) is 0. The number of rotatable bonds is 4. The highest BCUT2D eigenvalue weighted by atomic mass is 79.9. The van der Waals surface area contributed by atoms with E-state index in [2.05, 4.69) is 37.2 Å². The molecule has 1 aliphatic rings. The third-order valence-corrected chi connectivity index (χ3v) is 4.48. The van der Waals surface area contributed by atoms with Crippen LogP contribution in [0.3, 0.4) is 0 Å². The normalized spacial score (nSPS) is 12.9. The predicted molar refractivity (Wildman–Crippen MR) is 93.2 cm³/mol. The van der Waals surface area contributed by atoms with Crippen molar-refractivity contribution in [3.05, 3.63) is 44.8 Å². The van der Waals surface area contributed by atoms with E-state index in [0.717, 1.165) is 37.4 Å². The van der Waals surface area contributed by atoms with Crippen LogP contribution in [0.25, 0.3) is 0 Å². The number of benzene rings is 2. The molecule has 0 bridgehead atoms. The van der Waals surface area contributed by atoms with E-state index in [9.17, 15) is 0 Å². The molecule has 0 radical (unpaired) electrons. The third-order valence-electron chi connectivity index (χ3n) is 3.30. The average Bonchev–Trinajstić information content (AvgIpc) is 2.52. The molecule has 0 aromatic heterocycles. The summed E-state index contributed by atoms with van der Waals surface area (Å²) < 4.78 is 18.3. The molecule has 0 spiro atoms. The Morgan fingerprint density at radius 1 is 1.05 bits per heavy atom. The molecule has 6 heteroatoms. The minimum absolute atomic E-state index is 0.592. The van der Waals surface area contributed by atoms with Gasteiger partial charge in [0.2, 0.25) is 0 Å². The van der Waals surface area contributed by atoms with Gasteiger partial charge >= 0.3 is 0 Å². The Morgan fingerprint density at radius 3 is 2.41 bits per heavy atom. The molecule has 0 fully saturated rings. The van der Waals surface area contributed by atoms with Gasteiger partial charge in [-0.05, 0) is 61.7 Å². The van der Waals surface area contributed by atoms with E-state index in [0.29, 0.717) is 19.8 Å². The third kappa shape index (κ3) is 3.33. The topological polar surface area (TPSA) is 39.7 Å². The average molecular weight is 429 g/mol. The first-order chi connectivity index (χ1) is 10.7. The zero-order chi connectivity index (χ0) is 15.5. The van der Waals surface area contributed by atoms with Gasteiger partial charge in [-0.1, -0.05) is 0 Å². The minimum atomic E-state index is 0.592. The van der Waals surface area contributed by atoms with Crippen LogP contribution in [0, 0.1) is 0 Å². The molecular weight excluding hydrogens is 414 g/mol. The van der Waals surface area contributed by atoms with Crippen molar-refractivity contribution < 1.29 is 14.2 Å². The molecule has 2 aromatic carbocycles. The first-order valence-electron chi connectivity index (χ1n) is 6.83. The number of hydrogen-bond donors (Lipinski definition) is 1. The minimum Gasteiger partial charge on any atom is -0.494 e. The molecule has 1 aliphatic heterocycles. The predicted octanol–water partition coefficient (Wildman–Crippen LogP) is 4.60. The maximum atomic E-state index is 5.59. The molecule has 22 heavy (non-hydrogen) atoms. The highest BCUT2D eigenvalue weighted by molar-refractivity contribution is 9.11. The molecule has 116 valence electrons. The molecule has 0 saturated heterocycles.